The summed E-state index contributed by atoms with van der Waals surface area (Å²) in [4.78, 5) is 2.45. The highest BCUT2D eigenvalue weighted by Gasteiger charge is 2.24. The van der Waals surface area contributed by atoms with Crippen molar-refractivity contribution in [3.8, 4) is 16.8 Å². The summed E-state index contributed by atoms with van der Waals surface area (Å²) in [6.45, 7) is 0. The van der Waals surface area contributed by atoms with E-state index in [2.05, 4.69) is 204 Å². The quantitative estimate of drug-likeness (QED) is 0.169. The minimum absolute atomic E-state index is 0.871. The molecule has 3 heteroatoms. The van der Waals surface area contributed by atoms with Crippen LogP contribution in [-0.4, -0.2) is 4.57 Å². The summed E-state index contributed by atoms with van der Waals surface area (Å²) in [6, 6.07) is 69.7. The average Bonchev–Trinajstić information content (AvgIpc) is 3.78. The summed E-state index contributed by atoms with van der Waals surface area (Å²) in [5, 5.41) is 9.50. The number of aromatic nitrogens is 1. The third-order valence-corrected chi connectivity index (χ3v) is 10.8. The maximum Gasteiger partial charge on any atom is 0.145 e. The first kappa shape index (κ1) is 29.6. The lowest BCUT2D eigenvalue weighted by Crippen LogP contribution is -2.11. The van der Waals surface area contributed by atoms with Crippen LogP contribution in [0, 0.1) is 0 Å². The zero-order valence-corrected chi connectivity index (χ0v) is 28.8. The van der Waals surface area contributed by atoms with Crippen LogP contribution in [0.4, 0.5) is 17.1 Å². The van der Waals surface area contributed by atoms with Crippen LogP contribution in [0.3, 0.4) is 0 Å². The van der Waals surface area contributed by atoms with Gasteiger partial charge in [0, 0.05) is 38.5 Å². The SMILES string of the molecule is c1ccc(-c2ccc(N(c3ccc4c5ccccc5n(-c5ccccc5)c4c3)c3cccc4c3ccc3ccccc34)c3c2oc2ccccc23)cc1. The van der Waals surface area contributed by atoms with Crippen molar-refractivity contribution in [2.45, 2.75) is 0 Å². The normalized spacial score (nSPS) is 11.8. The second-order valence-corrected chi connectivity index (χ2v) is 13.7. The maximum atomic E-state index is 6.80. The third kappa shape index (κ3) is 4.54. The van der Waals surface area contributed by atoms with E-state index >= 15 is 0 Å². The lowest BCUT2D eigenvalue weighted by atomic mass is 9.97. The Labute approximate surface area is 306 Å². The molecule has 2 aromatic heterocycles. The summed E-state index contributed by atoms with van der Waals surface area (Å²) in [5.41, 5.74) is 10.7. The van der Waals surface area contributed by atoms with E-state index in [9.17, 15) is 0 Å². The number of benzene rings is 9. The van der Waals surface area contributed by atoms with Gasteiger partial charge in [0.15, 0.2) is 0 Å². The van der Waals surface area contributed by atoms with Gasteiger partial charge in [-0.1, -0.05) is 140 Å². The number of furan rings is 1. The van der Waals surface area contributed by atoms with Gasteiger partial charge >= 0.3 is 0 Å². The van der Waals surface area contributed by atoms with Crippen LogP contribution in [0.1, 0.15) is 0 Å². The lowest BCUT2D eigenvalue weighted by Gasteiger charge is -2.28. The molecule has 53 heavy (non-hydrogen) atoms. The molecule has 0 bridgehead atoms. The molecule has 3 nitrogen and oxygen atoms in total. The number of rotatable bonds is 5. The van der Waals surface area contributed by atoms with Crippen LogP contribution in [0.15, 0.2) is 199 Å². The molecule has 9 aromatic carbocycles. The number of hydrogen-bond donors (Lipinski definition) is 0. The first-order chi connectivity index (χ1) is 26.3. The van der Waals surface area contributed by atoms with Gasteiger partial charge in [0.05, 0.1) is 27.8 Å². The van der Waals surface area contributed by atoms with Crippen molar-refractivity contribution in [3.63, 3.8) is 0 Å². The van der Waals surface area contributed by atoms with Crippen LogP contribution in [-0.2, 0) is 0 Å². The lowest BCUT2D eigenvalue weighted by molar-refractivity contribution is 0.670. The van der Waals surface area contributed by atoms with Crippen LogP contribution >= 0.6 is 0 Å². The highest BCUT2D eigenvalue weighted by molar-refractivity contribution is 6.20. The molecule has 11 aromatic rings. The van der Waals surface area contributed by atoms with Crippen molar-refractivity contribution in [1.29, 1.82) is 0 Å². The van der Waals surface area contributed by atoms with Gasteiger partial charge < -0.3 is 13.9 Å². The second-order valence-electron chi connectivity index (χ2n) is 13.7. The number of para-hydroxylation sites is 3. The van der Waals surface area contributed by atoms with Gasteiger partial charge in [-0.25, -0.2) is 0 Å². The average molecular weight is 677 g/mol. The molecule has 0 fully saturated rings. The smallest absolute Gasteiger partial charge is 0.145 e. The van der Waals surface area contributed by atoms with Gasteiger partial charge in [0.2, 0.25) is 0 Å². The summed E-state index contributed by atoms with van der Waals surface area (Å²) in [7, 11) is 0. The summed E-state index contributed by atoms with van der Waals surface area (Å²) >= 11 is 0. The Morgan fingerprint density at radius 2 is 1.09 bits per heavy atom. The molecule has 0 saturated carbocycles. The van der Waals surface area contributed by atoms with Gasteiger partial charge in [-0.15, -0.1) is 0 Å². The van der Waals surface area contributed by atoms with E-state index in [-0.39, 0.29) is 0 Å². The molecule has 2 heterocycles. The van der Waals surface area contributed by atoms with Gasteiger partial charge in [0.25, 0.3) is 0 Å². The zero-order valence-electron chi connectivity index (χ0n) is 28.8. The highest BCUT2D eigenvalue weighted by atomic mass is 16.3. The molecule has 0 atom stereocenters. The van der Waals surface area contributed by atoms with Crippen molar-refractivity contribution in [3.05, 3.63) is 194 Å². The minimum Gasteiger partial charge on any atom is -0.455 e. The molecular weight excluding hydrogens is 645 g/mol. The van der Waals surface area contributed by atoms with Crippen molar-refractivity contribution in [2.75, 3.05) is 4.90 Å². The van der Waals surface area contributed by atoms with Crippen molar-refractivity contribution in [2.24, 2.45) is 0 Å². The predicted octanol–water partition coefficient (Wildman–Crippen LogP) is 14.1. The molecule has 0 spiro atoms. The molecule has 0 aliphatic heterocycles. The van der Waals surface area contributed by atoms with Crippen LogP contribution in [0.25, 0.3) is 82.1 Å². The number of anilines is 3. The maximum absolute atomic E-state index is 6.80. The Morgan fingerprint density at radius 1 is 0.415 bits per heavy atom. The molecular formula is C50H32N2O. The van der Waals surface area contributed by atoms with Crippen LogP contribution in [0.5, 0.6) is 0 Å². The Morgan fingerprint density at radius 3 is 1.96 bits per heavy atom. The summed E-state index contributed by atoms with van der Waals surface area (Å²) < 4.78 is 9.20. The van der Waals surface area contributed by atoms with Gasteiger partial charge in [-0.3, -0.25) is 0 Å². The third-order valence-electron chi connectivity index (χ3n) is 10.8. The molecule has 0 amide bonds. The molecule has 0 aliphatic rings. The van der Waals surface area contributed by atoms with Crippen molar-refractivity contribution < 1.29 is 4.42 Å². The van der Waals surface area contributed by atoms with E-state index in [1.165, 1.54) is 37.8 Å². The highest BCUT2D eigenvalue weighted by Crippen LogP contribution is 2.48. The zero-order chi connectivity index (χ0) is 34.9. The monoisotopic (exact) mass is 676 g/mol. The molecule has 248 valence electrons. The second kappa shape index (κ2) is 11.7. The van der Waals surface area contributed by atoms with E-state index < -0.39 is 0 Å². The Hall–Kier alpha value is -7.10. The number of fused-ring (bicyclic) bond motifs is 9. The Kier molecular flexibility index (Phi) is 6.55. The van der Waals surface area contributed by atoms with E-state index in [1.807, 2.05) is 0 Å². The fourth-order valence-corrected chi connectivity index (χ4v) is 8.42. The topological polar surface area (TPSA) is 21.3 Å². The van der Waals surface area contributed by atoms with Gasteiger partial charge in [0.1, 0.15) is 11.2 Å². The standard InChI is InChI=1S/C50H32N2O/c1-3-14-33(15-4-1)38-30-31-46(49-43-21-10-12-25-48(43)53-50(38)49)52(45-24-13-22-39-37-19-8-7-16-34(37)26-28-41(39)45)36-27-29-42-40-20-9-11-23-44(40)51(47(42)32-36)35-17-5-2-6-18-35/h1-32H. The predicted molar refractivity (Wildman–Crippen MR) is 223 cm³/mol. The number of hydrogen-bond acceptors (Lipinski definition) is 2. The van der Waals surface area contributed by atoms with E-state index in [0.29, 0.717) is 0 Å². The molecule has 0 aliphatic carbocycles. The summed E-state index contributed by atoms with van der Waals surface area (Å²) in [6.07, 6.45) is 0. The summed E-state index contributed by atoms with van der Waals surface area (Å²) in [5.74, 6) is 0. The first-order valence-electron chi connectivity index (χ1n) is 18.1. The molecule has 0 saturated heterocycles. The van der Waals surface area contributed by atoms with Gasteiger partial charge in [-0.2, -0.15) is 0 Å². The minimum atomic E-state index is 0.871. The molecule has 0 unspecified atom stereocenters. The fraction of sp³-hybridized carbons (Fsp3) is 0. The Balaban J connectivity index is 1.27. The van der Waals surface area contributed by atoms with Gasteiger partial charge in [-0.05, 0) is 76.3 Å². The molecule has 11 rings (SSSR count). The van der Waals surface area contributed by atoms with E-state index in [4.69, 9.17) is 4.42 Å². The van der Waals surface area contributed by atoms with E-state index in [0.717, 1.165) is 61.3 Å². The fourth-order valence-electron chi connectivity index (χ4n) is 8.42. The largest absolute Gasteiger partial charge is 0.455 e. The molecule has 0 N–H and O–H groups in total. The van der Waals surface area contributed by atoms with Crippen LogP contribution in [0.2, 0.25) is 0 Å². The van der Waals surface area contributed by atoms with Crippen molar-refractivity contribution in [1.82, 2.24) is 4.57 Å². The van der Waals surface area contributed by atoms with Crippen LogP contribution < -0.4 is 4.90 Å². The van der Waals surface area contributed by atoms with Crippen molar-refractivity contribution >= 4 is 82.4 Å². The first-order valence-corrected chi connectivity index (χ1v) is 18.1. The Bertz CT molecular complexity index is 3170. The number of nitrogens with zero attached hydrogens (tertiary/aromatic N) is 2. The molecule has 0 radical (unpaired) electrons. The van der Waals surface area contributed by atoms with E-state index in [1.54, 1.807) is 0 Å².